The molecule has 4 rings (SSSR count). The molecule has 0 aromatic carbocycles. The third kappa shape index (κ3) is 4.11. The van der Waals surface area contributed by atoms with Crippen LogP contribution in [0.4, 0.5) is 19.0 Å². The number of nitrogens with zero attached hydrogens (tertiary/aromatic N) is 4. The predicted octanol–water partition coefficient (Wildman–Crippen LogP) is 3.49. The smallest absolute Gasteiger partial charge is 0.433 e. The lowest BCUT2D eigenvalue weighted by atomic mass is 10.1. The van der Waals surface area contributed by atoms with Gasteiger partial charge in [0.2, 0.25) is 5.88 Å². The minimum atomic E-state index is -4.43. The van der Waals surface area contributed by atoms with Crippen LogP contribution in [0.25, 0.3) is 0 Å². The highest BCUT2D eigenvalue weighted by molar-refractivity contribution is 6.30. The summed E-state index contributed by atoms with van der Waals surface area (Å²) in [6.07, 6.45) is -2.10. The fourth-order valence-corrected chi connectivity index (χ4v) is 3.76. The van der Waals surface area contributed by atoms with Crippen molar-refractivity contribution >= 4 is 17.4 Å². The summed E-state index contributed by atoms with van der Waals surface area (Å²) in [5, 5.41) is 0.551. The molecule has 2 aliphatic rings. The molecule has 2 aromatic rings. The van der Waals surface area contributed by atoms with Crippen LogP contribution in [0.1, 0.15) is 12.1 Å². The van der Waals surface area contributed by atoms with Crippen molar-refractivity contribution in [2.45, 2.75) is 24.7 Å². The Morgan fingerprint density at radius 1 is 1.11 bits per heavy atom. The second-order valence-electron chi connectivity index (χ2n) is 6.76. The maximum absolute atomic E-state index is 12.9. The summed E-state index contributed by atoms with van der Waals surface area (Å²) < 4.78 is 44.7. The van der Waals surface area contributed by atoms with Crippen molar-refractivity contribution in [3.8, 4) is 5.88 Å². The van der Waals surface area contributed by atoms with Gasteiger partial charge in [0.05, 0.1) is 5.02 Å². The van der Waals surface area contributed by atoms with Crippen molar-refractivity contribution in [3.63, 3.8) is 0 Å². The largest absolute Gasteiger partial charge is 0.473 e. The van der Waals surface area contributed by atoms with Gasteiger partial charge in [0.1, 0.15) is 17.6 Å². The van der Waals surface area contributed by atoms with Gasteiger partial charge in [0, 0.05) is 50.9 Å². The van der Waals surface area contributed by atoms with Crippen LogP contribution in [-0.2, 0) is 6.18 Å². The quantitative estimate of drug-likeness (QED) is 0.791. The fraction of sp³-hybridized carbons (Fsp3) is 0.444. The first kappa shape index (κ1) is 18.3. The molecular formula is C18H18ClF3N4O. The number of hydrogen-bond donors (Lipinski definition) is 0. The first-order valence-electron chi connectivity index (χ1n) is 8.70. The van der Waals surface area contributed by atoms with Gasteiger partial charge >= 0.3 is 6.18 Å². The number of alkyl halides is 3. The van der Waals surface area contributed by atoms with Gasteiger partial charge in [-0.15, -0.1) is 0 Å². The molecule has 2 aromatic heterocycles. The highest BCUT2D eigenvalue weighted by Gasteiger charge is 2.38. The molecule has 9 heteroatoms. The minimum Gasteiger partial charge on any atom is -0.473 e. The Bertz CT molecular complexity index is 802. The number of piperazine rings is 1. The van der Waals surface area contributed by atoms with Crippen LogP contribution in [0.3, 0.4) is 0 Å². The first-order chi connectivity index (χ1) is 12.9. The number of anilines is 1. The molecule has 0 amide bonds. The van der Waals surface area contributed by atoms with Crippen LogP contribution >= 0.6 is 11.6 Å². The number of rotatable bonds is 3. The molecule has 0 bridgehead atoms. The summed E-state index contributed by atoms with van der Waals surface area (Å²) in [5.74, 6) is 0.897. The van der Waals surface area contributed by atoms with E-state index < -0.39 is 11.9 Å². The zero-order valence-corrected chi connectivity index (χ0v) is 15.1. The number of halogens is 4. The van der Waals surface area contributed by atoms with E-state index in [0.29, 0.717) is 29.8 Å². The summed E-state index contributed by atoms with van der Waals surface area (Å²) in [4.78, 5) is 12.2. The molecule has 5 nitrogen and oxygen atoms in total. The van der Waals surface area contributed by atoms with E-state index in [1.165, 1.54) is 6.07 Å². The number of ether oxygens (including phenoxy) is 1. The molecule has 0 unspecified atom stereocenters. The Balaban J connectivity index is 1.41. The lowest BCUT2D eigenvalue weighted by Crippen LogP contribution is -2.50. The van der Waals surface area contributed by atoms with E-state index >= 15 is 0 Å². The van der Waals surface area contributed by atoms with Crippen molar-refractivity contribution in [2.24, 2.45) is 0 Å². The van der Waals surface area contributed by atoms with Gasteiger partial charge < -0.3 is 9.64 Å². The Kier molecular flexibility index (Phi) is 4.86. The van der Waals surface area contributed by atoms with E-state index in [9.17, 15) is 13.2 Å². The van der Waals surface area contributed by atoms with Crippen LogP contribution in [0.5, 0.6) is 5.88 Å². The van der Waals surface area contributed by atoms with Gasteiger partial charge in [0.25, 0.3) is 0 Å². The maximum atomic E-state index is 12.9. The van der Waals surface area contributed by atoms with Crippen LogP contribution in [0.15, 0.2) is 36.5 Å². The number of hydrogen-bond acceptors (Lipinski definition) is 5. The average Bonchev–Trinajstić information content (AvgIpc) is 3.04. The van der Waals surface area contributed by atoms with Crippen LogP contribution in [0.2, 0.25) is 5.02 Å². The lowest BCUT2D eigenvalue weighted by Gasteiger charge is -2.37. The first-order valence-corrected chi connectivity index (χ1v) is 9.08. The third-order valence-corrected chi connectivity index (χ3v) is 5.14. The second kappa shape index (κ2) is 7.16. The summed E-state index contributed by atoms with van der Waals surface area (Å²) in [6.45, 7) is 2.80. The molecule has 0 N–H and O–H groups in total. The highest BCUT2D eigenvalue weighted by Crippen LogP contribution is 2.31. The zero-order chi connectivity index (χ0) is 19.0. The summed E-state index contributed by atoms with van der Waals surface area (Å²) in [5.41, 5.74) is -0.858. The van der Waals surface area contributed by atoms with Crippen molar-refractivity contribution < 1.29 is 17.9 Å². The molecule has 0 saturated carbocycles. The SMILES string of the molecule is FC(F)(F)c1cccc(N2CCN3C[C@@H](Oc4ccc(Cl)cn4)C[C@H]3C2)n1. The average molecular weight is 399 g/mol. The van der Waals surface area contributed by atoms with Crippen molar-refractivity contribution in [1.29, 1.82) is 0 Å². The van der Waals surface area contributed by atoms with Crippen molar-refractivity contribution in [2.75, 3.05) is 31.1 Å². The fourth-order valence-electron chi connectivity index (χ4n) is 3.65. The third-order valence-electron chi connectivity index (χ3n) is 4.91. The Hall–Kier alpha value is -2.06. The van der Waals surface area contributed by atoms with E-state index in [4.69, 9.17) is 16.3 Å². The lowest BCUT2D eigenvalue weighted by molar-refractivity contribution is -0.141. The zero-order valence-electron chi connectivity index (χ0n) is 14.4. The van der Waals surface area contributed by atoms with Crippen LogP contribution in [-0.4, -0.2) is 53.2 Å². The minimum absolute atomic E-state index is 0.00176. The standard InChI is InChI=1S/C18H18ClF3N4O/c19-12-4-5-17(23-9-12)27-14-8-13-10-26(7-6-25(13)11-14)16-3-1-2-15(24-16)18(20,21)22/h1-5,9,13-14H,6-8,10-11H2/t13-,14-/m0/s1. The van der Waals surface area contributed by atoms with Gasteiger partial charge in [-0.3, -0.25) is 4.90 Å². The summed E-state index contributed by atoms with van der Waals surface area (Å²) >= 11 is 5.83. The molecule has 2 aliphatic heterocycles. The molecule has 144 valence electrons. The Morgan fingerprint density at radius 2 is 1.96 bits per heavy atom. The van der Waals surface area contributed by atoms with Gasteiger partial charge in [-0.25, -0.2) is 9.97 Å². The van der Waals surface area contributed by atoms with Crippen LogP contribution in [0, 0.1) is 0 Å². The monoisotopic (exact) mass is 398 g/mol. The molecule has 2 saturated heterocycles. The maximum Gasteiger partial charge on any atom is 0.433 e. The molecule has 0 radical (unpaired) electrons. The predicted molar refractivity (Wildman–Crippen MR) is 95.1 cm³/mol. The molecular weight excluding hydrogens is 381 g/mol. The molecule has 2 fully saturated rings. The Morgan fingerprint density at radius 3 is 2.70 bits per heavy atom. The second-order valence-corrected chi connectivity index (χ2v) is 7.20. The number of fused-ring (bicyclic) bond motifs is 1. The van der Waals surface area contributed by atoms with E-state index in [-0.39, 0.29) is 12.1 Å². The topological polar surface area (TPSA) is 41.5 Å². The number of pyridine rings is 2. The summed E-state index contributed by atoms with van der Waals surface area (Å²) in [7, 11) is 0. The van der Waals surface area contributed by atoms with Crippen LogP contribution < -0.4 is 9.64 Å². The van der Waals surface area contributed by atoms with Gasteiger partial charge in [-0.2, -0.15) is 13.2 Å². The molecule has 27 heavy (non-hydrogen) atoms. The molecule has 4 heterocycles. The van der Waals surface area contributed by atoms with Gasteiger partial charge in [-0.1, -0.05) is 17.7 Å². The van der Waals surface area contributed by atoms with Crippen molar-refractivity contribution in [3.05, 3.63) is 47.2 Å². The van der Waals surface area contributed by atoms with E-state index in [0.717, 1.165) is 25.6 Å². The van der Waals surface area contributed by atoms with Gasteiger partial charge in [-0.05, 0) is 18.2 Å². The normalized spacial score (nSPS) is 23.3. The highest BCUT2D eigenvalue weighted by atomic mass is 35.5. The van der Waals surface area contributed by atoms with E-state index in [2.05, 4.69) is 14.9 Å². The number of aromatic nitrogens is 2. The van der Waals surface area contributed by atoms with Crippen molar-refractivity contribution in [1.82, 2.24) is 14.9 Å². The summed E-state index contributed by atoms with van der Waals surface area (Å²) in [6, 6.07) is 7.71. The van der Waals surface area contributed by atoms with E-state index in [1.807, 2.05) is 4.90 Å². The molecule has 2 atom stereocenters. The van der Waals surface area contributed by atoms with Gasteiger partial charge in [0.15, 0.2) is 0 Å². The molecule has 0 spiro atoms. The molecule has 0 aliphatic carbocycles. The van der Waals surface area contributed by atoms with E-state index in [1.54, 1.807) is 24.4 Å². The Labute approximate surface area is 159 Å².